The molecule has 3 heteroatoms. The number of ketones is 1. The van der Waals surface area contributed by atoms with Gasteiger partial charge in [-0.15, -0.1) is 0 Å². The summed E-state index contributed by atoms with van der Waals surface area (Å²) in [6.45, 7) is 2.19. The predicted molar refractivity (Wildman–Crippen MR) is 105 cm³/mol. The fourth-order valence-corrected chi connectivity index (χ4v) is 2.72. The van der Waals surface area contributed by atoms with Gasteiger partial charge < -0.3 is 5.11 Å². The van der Waals surface area contributed by atoms with Gasteiger partial charge >= 0.3 is 5.97 Å². The number of carboxylic acid groups (broad SMARTS) is 1. The summed E-state index contributed by atoms with van der Waals surface area (Å²) in [6, 6.07) is 15.7. The first-order valence-electron chi connectivity index (χ1n) is 9.20. The van der Waals surface area contributed by atoms with Crippen LogP contribution in [0.15, 0.2) is 54.6 Å². The van der Waals surface area contributed by atoms with Gasteiger partial charge in [-0.2, -0.15) is 0 Å². The summed E-state index contributed by atoms with van der Waals surface area (Å²) in [7, 11) is 0. The molecule has 136 valence electrons. The van der Waals surface area contributed by atoms with Crippen molar-refractivity contribution in [2.24, 2.45) is 0 Å². The lowest BCUT2D eigenvalue weighted by Gasteiger charge is -2.02. The second-order valence-electron chi connectivity index (χ2n) is 6.49. The van der Waals surface area contributed by atoms with E-state index in [9.17, 15) is 9.59 Å². The van der Waals surface area contributed by atoms with Gasteiger partial charge in [0.1, 0.15) is 0 Å². The van der Waals surface area contributed by atoms with E-state index in [4.69, 9.17) is 5.11 Å². The molecular formula is C23H26O3. The molecule has 0 saturated carbocycles. The molecule has 0 saturated heterocycles. The zero-order chi connectivity index (χ0) is 18.8. The molecule has 0 amide bonds. The number of rotatable bonds is 10. The average molecular weight is 350 g/mol. The summed E-state index contributed by atoms with van der Waals surface area (Å²) >= 11 is 0. The number of hydrogen-bond acceptors (Lipinski definition) is 2. The van der Waals surface area contributed by atoms with Crippen LogP contribution in [-0.2, 0) is 17.6 Å². The Labute approximate surface area is 155 Å². The Bertz CT molecular complexity index is 740. The van der Waals surface area contributed by atoms with E-state index in [0.717, 1.165) is 17.5 Å². The summed E-state index contributed by atoms with van der Waals surface area (Å²) in [4.78, 5) is 22.8. The van der Waals surface area contributed by atoms with Crippen LogP contribution in [0.3, 0.4) is 0 Å². The molecule has 0 aliphatic rings. The number of aliphatic carboxylic acids is 1. The van der Waals surface area contributed by atoms with Crippen molar-refractivity contribution in [1.82, 2.24) is 0 Å². The number of carbonyl (C=O) groups is 2. The van der Waals surface area contributed by atoms with Crippen LogP contribution in [0.5, 0.6) is 0 Å². The molecule has 0 aromatic heterocycles. The summed E-state index contributed by atoms with van der Waals surface area (Å²) in [6.07, 6.45) is 8.40. The third-order valence-electron chi connectivity index (χ3n) is 4.32. The number of benzene rings is 2. The summed E-state index contributed by atoms with van der Waals surface area (Å²) in [5.41, 5.74) is 4.04. The Morgan fingerprint density at radius 3 is 2.04 bits per heavy atom. The van der Waals surface area contributed by atoms with E-state index in [2.05, 4.69) is 19.1 Å². The van der Waals surface area contributed by atoms with E-state index in [1.807, 2.05) is 30.3 Å². The van der Waals surface area contributed by atoms with Crippen LogP contribution in [0.2, 0.25) is 0 Å². The second-order valence-corrected chi connectivity index (χ2v) is 6.49. The number of carbonyl (C=O) groups excluding carboxylic acids is 1. The zero-order valence-electron chi connectivity index (χ0n) is 15.3. The van der Waals surface area contributed by atoms with Crippen molar-refractivity contribution in [3.05, 3.63) is 76.9 Å². The lowest BCUT2D eigenvalue weighted by molar-refractivity contribution is -0.137. The third-order valence-corrected chi connectivity index (χ3v) is 4.32. The highest BCUT2D eigenvalue weighted by atomic mass is 16.4. The Balaban J connectivity index is 1.90. The van der Waals surface area contributed by atoms with Gasteiger partial charge in [0.15, 0.2) is 5.78 Å². The van der Waals surface area contributed by atoms with E-state index in [1.165, 1.54) is 18.4 Å². The van der Waals surface area contributed by atoms with Crippen molar-refractivity contribution < 1.29 is 14.7 Å². The molecule has 2 rings (SSSR count). The van der Waals surface area contributed by atoms with Crippen molar-refractivity contribution in [3.63, 3.8) is 0 Å². The van der Waals surface area contributed by atoms with E-state index in [1.54, 1.807) is 18.2 Å². The number of aryl methyl sites for hydroxylation is 2. The van der Waals surface area contributed by atoms with E-state index < -0.39 is 5.97 Å². The van der Waals surface area contributed by atoms with Gasteiger partial charge in [-0.25, -0.2) is 0 Å². The molecule has 0 aliphatic carbocycles. The number of unbranched alkanes of at least 4 members (excludes halogenated alkanes) is 1. The molecule has 0 bridgehead atoms. The first-order chi connectivity index (χ1) is 12.6. The maximum absolute atomic E-state index is 12.3. The quantitative estimate of drug-likeness (QED) is 0.465. The predicted octanol–water partition coefficient (Wildman–Crippen LogP) is 5.33. The maximum Gasteiger partial charge on any atom is 0.303 e. The minimum Gasteiger partial charge on any atom is -0.481 e. The van der Waals surface area contributed by atoms with Gasteiger partial charge in [0, 0.05) is 12.0 Å². The van der Waals surface area contributed by atoms with Crippen molar-refractivity contribution in [2.75, 3.05) is 0 Å². The van der Waals surface area contributed by atoms with E-state index >= 15 is 0 Å². The minimum absolute atomic E-state index is 0.0304. The number of hydrogen-bond donors (Lipinski definition) is 1. The van der Waals surface area contributed by atoms with Gasteiger partial charge in [-0.05, 0) is 48.4 Å². The second kappa shape index (κ2) is 10.3. The van der Waals surface area contributed by atoms with Gasteiger partial charge in [-0.3, -0.25) is 9.59 Å². The molecule has 0 atom stereocenters. The highest BCUT2D eigenvalue weighted by Crippen LogP contribution is 2.12. The van der Waals surface area contributed by atoms with Crippen LogP contribution in [0.25, 0.3) is 6.08 Å². The smallest absolute Gasteiger partial charge is 0.303 e. The summed E-state index contributed by atoms with van der Waals surface area (Å²) < 4.78 is 0. The molecular weight excluding hydrogens is 324 g/mol. The standard InChI is InChI=1S/C23H26O3/c1-2-3-5-18-8-10-20(11-9-18)14-17-22(24)21-15-12-19(13-16-21)6-4-7-23(25)26/h8-17H,2-7H2,1H3,(H,25,26). The molecule has 0 radical (unpaired) electrons. The number of allylic oxidation sites excluding steroid dienone is 1. The molecule has 2 aromatic rings. The Morgan fingerprint density at radius 2 is 1.46 bits per heavy atom. The molecule has 0 heterocycles. The minimum atomic E-state index is -0.777. The SMILES string of the molecule is CCCCc1ccc(C=CC(=O)c2ccc(CCCC(=O)O)cc2)cc1. The number of carboxylic acids is 1. The lowest BCUT2D eigenvalue weighted by Crippen LogP contribution is -1.97. The molecule has 0 unspecified atom stereocenters. The van der Waals surface area contributed by atoms with Crippen molar-refractivity contribution in [3.8, 4) is 0 Å². The van der Waals surface area contributed by atoms with Gasteiger partial charge in [0.25, 0.3) is 0 Å². The van der Waals surface area contributed by atoms with Crippen LogP contribution in [0.1, 0.15) is 59.7 Å². The average Bonchev–Trinajstić information content (AvgIpc) is 2.65. The largest absolute Gasteiger partial charge is 0.481 e. The fourth-order valence-electron chi connectivity index (χ4n) is 2.72. The maximum atomic E-state index is 12.3. The zero-order valence-corrected chi connectivity index (χ0v) is 15.3. The Morgan fingerprint density at radius 1 is 0.885 bits per heavy atom. The molecule has 0 aliphatic heterocycles. The third kappa shape index (κ3) is 6.67. The first kappa shape index (κ1) is 19.6. The van der Waals surface area contributed by atoms with Crippen LogP contribution in [0, 0.1) is 0 Å². The molecule has 0 fully saturated rings. The van der Waals surface area contributed by atoms with E-state index in [-0.39, 0.29) is 12.2 Å². The summed E-state index contributed by atoms with van der Waals surface area (Å²) in [5, 5.41) is 8.66. The van der Waals surface area contributed by atoms with Crippen LogP contribution in [0.4, 0.5) is 0 Å². The van der Waals surface area contributed by atoms with E-state index in [0.29, 0.717) is 18.4 Å². The lowest BCUT2D eigenvalue weighted by atomic mass is 10.0. The molecule has 0 spiro atoms. The van der Waals surface area contributed by atoms with Gasteiger partial charge in [0.2, 0.25) is 0 Å². The fraction of sp³-hybridized carbons (Fsp3) is 0.304. The first-order valence-corrected chi connectivity index (χ1v) is 9.20. The van der Waals surface area contributed by atoms with Crippen molar-refractivity contribution >= 4 is 17.8 Å². The topological polar surface area (TPSA) is 54.4 Å². The Hall–Kier alpha value is -2.68. The molecule has 26 heavy (non-hydrogen) atoms. The van der Waals surface area contributed by atoms with Gasteiger partial charge in [-0.1, -0.05) is 68.0 Å². The van der Waals surface area contributed by atoms with Crippen LogP contribution >= 0.6 is 0 Å². The Kier molecular flexibility index (Phi) is 7.81. The molecule has 2 aromatic carbocycles. The highest BCUT2D eigenvalue weighted by Gasteiger charge is 2.03. The van der Waals surface area contributed by atoms with Gasteiger partial charge in [0.05, 0.1) is 0 Å². The van der Waals surface area contributed by atoms with Crippen LogP contribution < -0.4 is 0 Å². The normalized spacial score (nSPS) is 11.0. The monoisotopic (exact) mass is 350 g/mol. The summed E-state index contributed by atoms with van der Waals surface area (Å²) in [5.74, 6) is -0.808. The van der Waals surface area contributed by atoms with Crippen molar-refractivity contribution in [1.29, 1.82) is 0 Å². The molecule has 3 nitrogen and oxygen atoms in total. The molecule has 1 N–H and O–H groups in total. The van der Waals surface area contributed by atoms with Crippen molar-refractivity contribution in [2.45, 2.75) is 45.4 Å². The highest BCUT2D eigenvalue weighted by molar-refractivity contribution is 6.06. The van der Waals surface area contributed by atoms with Crippen LogP contribution in [-0.4, -0.2) is 16.9 Å².